The predicted molar refractivity (Wildman–Crippen MR) is 90.2 cm³/mol. The van der Waals surface area contributed by atoms with E-state index in [4.69, 9.17) is 4.98 Å². The summed E-state index contributed by atoms with van der Waals surface area (Å²) in [4.78, 5) is 22.9. The van der Waals surface area contributed by atoms with E-state index < -0.39 is 0 Å². The molecule has 3 heterocycles. The van der Waals surface area contributed by atoms with E-state index >= 15 is 0 Å². The summed E-state index contributed by atoms with van der Waals surface area (Å²) in [5, 5.41) is 2.71. The molecule has 1 aliphatic heterocycles. The zero-order chi connectivity index (χ0) is 16.4. The van der Waals surface area contributed by atoms with Gasteiger partial charge >= 0.3 is 6.03 Å². The second-order valence-corrected chi connectivity index (χ2v) is 6.74. The van der Waals surface area contributed by atoms with E-state index in [2.05, 4.69) is 28.7 Å². The molecule has 3 rings (SSSR count). The number of imidazole rings is 1. The van der Waals surface area contributed by atoms with Crippen molar-refractivity contribution in [3.8, 4) is 0 Å². The van der Waals surface area contributed by atoms with E-state index in [1.54, 1.807) is 7.05 Å². The maximum atomic E-state index is 11.7. The number of fused-ring (bicyclic) bond motifs is 1. The molecule has 1 saturated heterocycles. The molecule has 124 valence electrons. The Bertz CT molecular complexity index is 693. The molecule has 2 amide bonds. The van der Waals surface area contributed by atoms with Crippen molar-refractivity contribution < 1.29 is 4.79 Å². The van der Waals surface area contributed by atoms with Gasteiger partial charge in [-0.3, -0.25) is 0 Å². The molecule has 0 aliphatic carbocycles. The highest BCUT2D eigenvalue weighted by molar-refractivity contribution is 5.74. The summed E-state index contributed by atoms with van der Waals surface area (Å²) < 4.78 is 2.25. The van der Waals surface area contributed by atoms with Gasteiger partial charge < -0.3 is 14.8 Å². The Labute approximate surface area is 136 Å². The standard InChI is InChI=1S/C17H25N5O/c1-12(2)10-22-15(20-14-5-4-7-19-16(14)22)9-13-6-8-21(11-13)17(23)18-3/h4-5,7,12-13H,6,8-11H2,1-3H3,(H,18,23)/t13-/m1/s1. The van der Waals surface area contributed by atoms with Crippen LogP contribution in [0.3, 0.4) is 0 Å². The zero-order valence-corrected chi connectivity index (χ0v) is 14.1. The van der Waals surface area contributed by atoms with Gasteiger partial charge in [-0.1, -0.05) is 13.8 Å². The van der Waals surface area contributed by atoms with Crippen LogP contribution in [0, 0.1) is 11.8 Å². The number of urea groups is 1. The third-order valence-electron chi connectivity index (χ3n) is 4.39. The number of aromatic nitrogens is 3. The number of likely N-dealkylation sites (tertiary alicyclic amines) is 1. The lowest BCUT2D eigenvalue weighted by Crippen LogP contribution is -2.36. The maximum absolute atomic E-state index is 11.7. The molecule has 0 radical (unpaired) electrons. The summed E-state index contributed by atoms with van der Waals surface area (Å²) in [6.07, 6.45) is 3.76. The van der Waals surface area contributed by atoms with Crippen LogP contribution in [0.1, 0.15) is 26.1 Å². The van der Waals surface area contributed by atoms with Crippen molar-refractivity contribution in [1.29, 1.82) is 0 Å². The van der Waals surface area contributed by atoms with Gasteiger partial charge in [0.2, 0.25) is 0 Å². The van der Waals surface area contributed by atoms with Gasteiger partial charge in [-0.2, -0.15) is 0 Å². The molecule has 0 spiro atoms. The fourth-order valence-corrected chi connectivity index (χ4v) is 3.32. The lowest BCUT2D eigenvalue weighted by atomic mass is 10.0. The molecule has 23 heavy (non-hydrogen) atoms. The Morgan fingerprint density at radius 2 is 2.30 bits per heavy atom. The SMILES string of the molecule is CNC(=O)N1CC[C@H](Cc2nc3cccnc3n2CC(C)C)C1. The lowest BCUT2D eigenvalue weighted by molar-refractivity contribution is 0.209. The van der Waals surface area contributed by atoms with Gasteiger partial charge in [0.15, 0.2) is 5.65 Å². The minimum atomic E-state index is 0.0184. The fraction of sp³-hybridized carbons (Fsp3) is 0.588. The van der Waals surface area contributed by atoms with Crippen LogP contribution in [0.15, 0.2) is 18.3 Å². The quantitative estimate of drug-likeness (QED) is 0.941. The number of hydrogen-bond donors (Lipinski definition) is 1. The predicted octanol–water partition coefficient (Wildman–Crippen LogP) is 2.29. The fourth-order valence-electron chi connectivity index (χ4n) is 3.32. The highest BCUT2D eigenvalue weighted by atomic mass is 16.2. The van der Waals surface area contributed by atoms with E-state index in [0.717, 1.165) is 49.5 Å². The third-order valence-corrected chi connectivity index (χ3v) is 4.39. The number of pyridine rings is 1. The highest BCUT2D eigenvalue weighted by Crippen LogP contribution is 2.23. The van der Waals surface area contributed by atoms with Crippen LogP contribution in [-0.2, 0) is 13.0 Å². The molecule has 1 N–H and O–H groups in total. The van der Waals surface area contributed by atoms with Crippen molar-refractivity contribution in [1.82, 2.24) is 24.8 Å². The van der Waals surface area contributed by atoms with Gasteiger partial charge in [0.25, 0.3) is 0 Å². The number of nitrogens with one attached hydrogen (secondary N) is 1. The van der Waals surface area contributed by atoms with Crippen LogP contribution >= 0.6 is 0 Å². The monoisotopic (exact) mass is 315 g/mol. The van der Waals surface area contributed by atoms with E-state index in [9.17, 15) is 4.79 Å². The van der Waals surface area contributed by atoms with Crippen LogP contribution < -0.4 is 5.32 Å². The van der Waals surface area contributed by atoms with Crippen molar-refractivity contribution in [2.45, 2.75) is 33.2 Å². The molecule has 2 aromatic rings. The molecule has 0 saturated carbocycles. The number of nitrogens with zero attached hydrogens (tertiary/aromatic N) is 4. The second kappa shape index (κ2) is 6.56. The number of carbonyl (C=O) groups is 1. The molecule has 6 nitrogen and oxygen atoms in total. The molecule has 0 unspecified atom stereocenters. The Morgan fingerprint density at radius 3 is 3.04 bits per heavy atom. The summed E-state index contributed by atoms with van der Waals surface area (Å²) in [5.74, 6) is 2.10. The minimum Gasteiger partial charge on any atom is -0.341 e. The van der Waals surface area contributed by atoms with Crippen molar-refractivity contribution >= 4 is 17.2 Å². The Morgan fingerprint density at radius 1 is 1.48 bits per heavy atom. The van der Waals surface area contributed by atoms with Gasteiger partial charge in [0.1, 0.15) is 11.3 Å². The summed E-state index contributed by atoms with van der Waals surface area (Å²) in [7, 11) is 1.68. The van der Waals surface area contributed by atoms with E-state index in [-0.39, 0.29) is 6.03 Å². The van der Waals surface area contributed by atoms with Crippen LogP contribution in [0.4, 0.5) is 4.79 Å². The molecular formula is C17H25N5O. The molecule has 2 aromatic heterocycles. The van der Waals surface area contributed by atoms with E-state index in [0.29, 0.717) is 11.8 Å². The van der Waals surface area contributed by atoms with Gasteiger partial charge in [0, 0.05) is 39.3 Å². The minimum absolute atomic E-state index is 0.0184. The summed E-state index contributed by atoms with van der Waals surface area (Å²) in [6.45, 7) is 6.97. The largest absolute Gasteiger partial charge is 0.341 e. The number of hydrogen-bond acceptors (Lipinski definition) is 3. The third kappa shape index (κ3) is 3.30. The normalized spacial score (nSPS) is 18.1. The maximum Gasteiger partial charge on any atom is 0.317 e. The zero-order valence-electron chi connectivity index (χ0n) is 14.1. The van der Waals surface area contributed by atoms with Crippen LogP contribution in [-0.4, -0.2) is 45.6 Å². The topological polar surface area (TPSA) is 63.1 Å². The van der Waals surface area contributed by atoms with Crippen molar-refractivity contribution in [3.63, 3.8) is 0 Å². The Balaban J connectivity index is 1.81. The Kier molecular flexibility index (Phi) is 4.50. The molecular weight excluding hydrogens is 290 g/mol. The van der Waals surface area contributed by atoms with Gasteiger partial charge in [0.05, 0.1) is 0 Å². The van der Waals surface area contributed by atoms with Crippen molar-refractivity contribution in [2.24, 2.45) is 11.8 Å². The molecule has 1 aliphatic rings. The average molecular weight is 315 g/mol. The Hall–Kier alpha value is -2.11. The van der Waals surface area contributed by atoms with Gasteiger partial charge in [-0.25, -0.2) is 14.8 Å². The summed E-state index contributed by atoms with van der Waals surface area (Å²) in [6, 6.07) is 3.97. The molecule has 0 aromatic carbocycles. The molecule has 6 heteroatoms. The van der Waals surface area contributed by atoms with Crippen molar-refractivity contribution in [2.75, 3.05) is 20.1 Å². The number of rotatable bonds is 4. The second-order valence-electron chi connectivity index (χ2n) is 6.74. The van der Waals surface area contributed by atoms with Crippen LogP contribution in [0.2, 0.25) is 0 Å². The molecule has 1 fully saturated rings. The lowest BCUT2D eigenvalue weighted by Gasteiger charge is -2.16. The first-order valence-electron chi connectivity index (χ1n) is 8.35. The van der Waals surface area contributed by atoms with Crippen molar-refractivity contribution in [3.05, 3.63) is 24.2 Å². The van der Waals surface area contributed by atoms with Crippen LogP contribution in [0.5, 0.6) is 0 Å². The smallest absolute Gasteiger partial charge is 0.317 e. The summed E-state index contributed by atoms with van der Waals surface area (Å²) in [5.41, 5.74) is 1.93. The number of amides is 2. The van der Waals surface area contributed by atoms with Crippen LogP contribution in [0.25, 0.3) is 11.2 Å². The van der Waals surface area contributed by atoms with E-state index in [1.807, 2.05) is 23.2 Å². The number of carbonyl (C=O) groups excluding carboxylic acids is 1. The first-order valence-corrected chi connectivity index (χ1v) is 8.35. The highest BCUT2D eigenvalue weighted by Gasteiger charge is 2.27. The molecule has 1 atom stereocenters. The van der Waals surface area contributed by atoms with E-state index in [1.165, 1.54) is 0 Å². The molecule has 0 bridgehead atoms. The summed E-state index contributed by atoms with van der Waals surface area (Å²) >= 11 is 0. The first kappa shape index (κ1) is 15.8. The van der Waals surface area contributed by atoms with Gasteiger partial charge in [-0.05, 0) is 30.4 Å². The first-order chi connectivity index (χ1) is 11.1. The average Bonchev–Trinajstić information content (AvgIpc) is 3.12. The van der Waals surface area contributed by atoms with Gasteiger partial charge in [-0.15, -0.1) is 0 Å².